The van der Waals surface area contributed by atoms with Gasteiger partial charge in [-0.05, 0) is 35.0 Å². The molecule has 18 heavy (non-hydrogen) atoms. The Labute approximate surface area is 115 Å². The lowest BCUT2D eigenvalue weighted by Gasteiger charge is -2.15. The van der Waals surface area contributed by atoms with Gasteiger partial charge in [0.05, 0.1) is 26.2 Å². The predicted molar refractivity (Wildman–Crippen MR) is 74.2 cm³/mol. The fraction of sp³-hybridized carbons (Fsp3) is 0.308. The number of rotatable bonds is 3. The molecule has 0 atom stereocenters. The summed E-state index contributed by atoms with van der Waals surface area (Å²) in [5, 5.41) is 0. The van der Waals surface area contributed by atoms with E-state index < -0.39 is 0 Å². The summed E-state index contributed by atoms with van der Waals surface area (Å²) in [5.41, 5.74) is 2.95. The lowest BCUT2D eigenvalue weighted by atomic mass is 10.1. The monoisotopic (exact) mass is 310 g/mol. The number of imidazole rings is 1. The van der Waals surface area contributed by atoms with Crippen LogP contribution in [0.2, 0.25) is 0 Å². The molecule has 0 saturated carbocycles. The molecule has 96 valence electrons. The zero-order chi connectivity index (χ0) is 13.3. The molecule has 2 rings (SSSR count). The average molecular weight is 311 g/mol. The molecular formula is C13H15BrN2O2. The first kappa shape index (κ1) is 13.0. The van der Waals surface area contributed by atoms with Crippen LogP contribution in [0.4, 0.5) is 0 Å². The van der Waals surface area contributed by atoms with Gasteiger partial charge >= 0.3 is 0 Å². The molecule has 1 aromatic heterocycles. The summed E-state index contributed by atoms with van der Waals surface area (Å²) in [6.07, 6.45) is 1.76. The van der Waals surface area contributed by atoms with Crippen molar-refractivity contribution in [1.82, 2.24) is 9.55 Å². The lowest BCUT2D eigenvalue weighted by Crippen LogP contribution is -1.98. The van der Waals surface area contributed by atoms with Crippen molar-refractivity contribution in [2.45, 2.75) is 6.92 Å². The van der Waals surface area contributed by atoms with Gasteiger partial charge in [0.25, 0.3) is 0 Å². The van der Waals surface area contributed by atoms with Gasteiger partial charge in [-0.1, -0.05) is 0 Å². The van der Waals surface area contributed by atoms with Crippen LogP contribution in [0, 0.1) is 6.92 Å². The number of ether oxygens (including phenoxy) is 2. The maximum Gasteiger partial charge on any atom is 0.134 e. The van der Waals surface area contributed by atoms with Crippen LogP contribution in [0.25, 0.3) is 11.3 Å². The molecule has 4 nitrogen and oxygen atoms in total. The van der Waals surface area contributed by atoms with E-state index >= 15 is 0 Å². The second-order valence-corrected chi connectivity index (χ2v) is 4.72. The van der Waals surface area contributed by atoms with Crippen LogP contribution < -0.4 is 9.47 Å². The van der Waals surface area contributed by atoms with Gasteiger partial charge < -0.3 is 14.0 Å². The third kappa shape index (κ3) is 1.99. The maximum atomic E-state index is 5.51. The highest BCUT2D eigenvalue weighted by Gasteiger charge is 2.17. The van der Waals surface area contributed by atoms with Crippen molar-refractivity contribution >= 4 is 15.9 Å². The number of nitrogens with zero attached hydrogens (tertiary/aromatic N) is 2. The Morgan fingerprint density at radius 2 is 1.94 bits per heavy atom. The van der Waals surface area contributed by atoms with Gasteiger partial charge in [-0.15, -0.1) is 0 Å². The molecule has 5 heteroatoms. The molecule has 0 aliphatic carbocycles. The van der Waals surface area contributed by atoms with E-state index in [4.69, 9.17) is 9.47 Å². The molecular weight excluding hydrogens is 296 g/mol. The molecule has 0 amide bonds. The van der Waals surface area contributed by atoms with Crippen LogP contribution in [-0.2, 0) is 7.05 Å². The minimum Gasteiger partial charge on any atom is -0.496 e. The molecule has 0 N–H and O–H groups in total. The van der Waals surface area contributed by atoms with E-state index in [-0.39, 0.29) is 0 Å². The van der Waals surface area contributed by atoms with Gasteiger partial charge in [0.2, 0.25) is 0 Å². The molecule has 0 fully saturated rings. The molecule has 0 bridgehead atoms. The molecule has 0 aliphatic heterocycles. The van der Waals surface area contributed by atoms with E-state index in [1.807, 2.05) is 30.7 Å². The summed E-state index contributed by atoms with van der Waals surface area (Å²) in [4.78, 5) is 4.23. The highest BCUT2D eigenvalue weighted by molar-refractivity contribution is 9.10. The number of halogens is 1. The van der Waals surface area contributed by atoms with E-state index in [1.54, 1.807) is 20.5 Å². The summed E-state index contributed by atoms with van der Waals surface area (Å²) in [5.74, 6) is 1.62. The molecule has 1 heterocycles. The number of benzene rings is 1. The van der Waals surface area contributed by atoms with Crippen molar-refractivity contribution in [3.63, 3.8) is 0 Å². The van der Waals surface area contributed by atoms with Gasteiger partial charge in [-0.25, -0.2) is 4.98 Å². The highest BCUT2D eigenvalue weighted by atomic mass is 79.9. The Hall–Kier alpha value is -1.49. The zero-order valence-electron chi connectivity index (χ0n) is 10.8. The van der Waals surface area contributed by atoms with Crippen LogP contribution in [0.5, 0.6) is 11.5 Å². The third-order valence-corrected chi connectivity index (χ3v) is 3.51. The van der Waals surface area contributed by atoms with E-state index in [2.05, 4.69) is 20.9 Å². The first-order valence-corrected chi connectivity index (χ1v) is 6.28. The lowest BCUT2D eigenvalue weighted by molar-refractivity contribution is 0.389. The summed E-state index contributed by atoms with van der Waals surface area (Å²) in [6.45, 7) is 1.98. The number of hydrogen-bond acceptors (Lipinski definition) is 3. The summed E-state index contributed by atoms with van der Waals surface area (Å²) >= 11 is 3.46. The van der Waals surface area contributed by atoms with Crippen molar-refractivity contribution in [2.24, 2.45) is 7.05 Å². The number of methoxy groups -OCH3 is 2. The smallest absolute Gasteiger partial charge is 0.134 e. The third-order valence-electron chi connectivity index (χ3n) is 2.93. The Bertz CT molecular complexity index is 559. The second-order valence-electron chi connectivity index (χ2n) is 3.97. The van der Waals surface area contributed by atoms with Gasteiger partial charge in [0, 0.05) is 18.2 Å². The fourth-order valence-corrected chi connectivity index (χ4v) is 2.63. The van der Waals surface area contributed by atoms with Crippen LogP contribution >= 0.6 is 15.9 Å². The molecule has 0 aliphatic rings. The number of aryl methyl sites for hydroxylation is 1. The first-order chi connectivity index (χ1) is 8.60. The topological polar surface area (TPSA) is 36.3 Å². The van der Waals surface area contributed by atoms with E-state index in [9.17, 15) is 0 Å². The minimum absolute atomic E-state index is 0.799. The second kappa shape index (κ2) is 5.02. The molecule has 0 spiro atoms. The van der Waals surface area contributed by atoms with Crippen LogP contribution in [0.3, 0.4) is 0 Å². The van der Waals surface area contributed by atoms with Crippen molar-refractivity contribution in [2.75, 3.05) is 14.2 Å². The largest absolute Gasteiger partial charge is 0.496 e. The molecule has 0 radical (unpaired) electrons. The summed E-state index contributed by atoms with van der Waals surface area (Å²) in [6, 6.07) is 3.92. The van der Waals surface area contributed by atoms with Gasteiger partial charge in [0.15, 0.2) is 0 Å². The van der Waals surface area contributed by atoms with E-state index in [1.165, 1.54) is 0 Å². The highest BCUT2D eigenvalue weighted by Crippen LogP contribution is 2.39. The number of hydrogen-bond donors (Lipinski definition) is 0. The van der Waals surface area contributed by atoms with Crippen molar-refractivity contribution in [3.8, 4) is 22.8 Å². The average Bonchev–Trinajstić information content (AvgIpc) is 2.69. The minimum atomic E-state index is 0.799. The van der Waals surface area contributed by atoms with Gasteiger partial charge in [-0.2, -0.15) is 0 Å². The Morgan fingerprint density at radius 3 is 2.44 bits per heavy atom. The molecule has 1 aromatic carbocycles. The van der Waals surface area contributed by atoms with E-state index in [0.717, 1.165) is 32.9 Å². The quantitative estimate of drug-likeness (QED) is 0.873. The standard InChI is InChI=1S/C13H15BrN2O2/c1-8-10(17-3)6-5-9(12(8)18-4)11-13(14)15-7-16(11)2/h5-7H,1-4H3. The first-order valence-electron chi connectivity index (χ1n) is 5.49. The van der Waals surface area contributed by atoms with Crippen LogP contribution in [0.15, 0.2) is 23.1 Å². The van der Waals surface area contributed by atoms with Crippen molar-refractivity contribution in [1.29, 1.82) is 0 Å². The molecule has 2 aromatic rings. The van der Waals surface area contributed by atoms with E-state index in [0.29, 0.717) is 0 Å². The number of aromatic nitrogens is 2. The molecule has 0 saturated heterocycles. The fourth-order valence-electron chi connectivity index (χ4n) is 2.05. The maximum absolute atomic E-state index is 5.51. The Balaban J connectivity index is 2.69. The molecule has 0 unspecified atom stereocenters. The summed E-state index contributed by atoms with van der Waals surface area (Å²) in [7, 11) is 5.27. The summed E-state index contributed by atoms with van der Waals surface area (Å²) < 4.78 is 13.6. The normalized spacial score (nSPS) is 10.5. The van der Waals surface area contributed by atoms with Gasteiger partial charge in [0.1, 0.15) is 16.1 Å². The zero-order valence-corrected chi connectivity index (χ0v) is 12.4. The van der Waals surface area contributed by atoms with Crippen LogP contribution in [0.1, 0.15) is 5.56 Å². The van der Waals surface area contributed by atoms with Crippen molar-refractivity contribution in [3.05, 3.63) is 28.6 Å². The Morgan fingerprint density at radius 1 is 1.22 bits per heavy atom. The van der Waals surface area contributed by atoms with Crippen LogP contribution in [-0.4, -0.2) is 23.8 Å². The van der Waals surface area contributed by atoms with Gasteiger partial charge in [-0.3, -0.25) is 0 Å². The Kier molecular flexibility index (Phi) is 3.61. The SMILES string of the molecule is COc1ccc(-c2c(Br)ncn2C)c(OC)c1C. The predicted octanol–water partition coefficient (Wildman–Crippen LogP) is 3.18. The van der Waals surface area contributed by atoms with Crippen molar-refractivity contribution < 1.29 is 9.47 Å².